The predicted molar refractivity (Wildman–Crippen MR) is 38.1 cm³/mol. The Bertz CT molecular complexity index is 155. The van der Waals surface area contributed by atoms with E-state index in [1.54, 1.807) is 0 Å². The van der Waals surface area contributed by atoms with Gasteiger partial charge in [-0.05, 0) is 12.3 Å². The molecule has 0 aliphatic rings. The summed E-state index contributed by atoms with van der Waals surface area (Å²) in [6.07, 6.45) is 0.957. The van der Waals surface area contributed by atoms with E-state index in [2.05, 4.69) is 11.8 Å². The highest BCUT2D eigenvalue weighted by Crippen LogP contribution is 1.76. The molecule has 0 spiro atoms. The van der Waals surface area contributed by atoms with Crippen LogP contribution < -0.4 is 5.73 Å². The second-order valence-electron chi connectivity index (χ2n) is 1.72. The number of carbonyl (C=O) groups excluding carboxylic acids is 1. The van der Waals surface area contributed by atoms with Crippen molar-refractivity contribution in [2.45, 2.75) is 13.3 Å². The molecule has 3 heteroatoms. The van der Waals surface area contributed by atoms with Gasteiger partial charge in [-0.25, -0.2) is 0 Å². The molecule has 0 radical (unpaired) electrons. The molecule has 1 amide bonds. The smallest absolute Gasteiger partial charge is 0.293 e. The van der Waals surface area contributed by atoms with Gasteiger partial charge >= 0.3 is 0 Å². The van der Waals surface area contributed by atoms with Gasteiger partial charge in [-0.1, -0.05) is 12.8 Å². The minimum Gasteiger partial charge on any atom is -0.369 e. The van der Waals surface area contributed by atoms with Crippen molar-refractivity contribution in [3.05, 3.63) is 0 Å². The number of primary amides is 1. The SMILES string of the molecule is CCCOCC#CC(N)=O. The molecule has 3 nitrogen and oxygen atoms in total. The van der Waals surface area contributed by atoms with Gasteiger partial charge in [-0.15, -0.1) is 0 Å². The summed E-state index contributed by atoms with van der Waals surface area (Å²) in [5.41, 5.74) is 4.74. The third kappa shape index (κ3) is 6.99. The third-order valence-corrected chi connectivity index (χ3v) is 0.734. The highest BCUT2D eigenvalue weighted by Gasteiger charge is 1.80. The maximum atomic E-state index is 10.0. The van der Waals surface area contributed by atoms with Crippen molar-refractivity contribution in [1.29, 1.82) is 0 Å². The molecule has 0 aromatic carbocycles. The molecule has 0 aromatic heterocycles. The van der Waals surface area contributed by atoms with Gasteiger partial charge in [0.1, 0.15) is 6.61 Å². The molecule has 2 N–H and O–H groups in total. The Hall–Kier alpha value is -1.01. The van der Waals surface area contributed by atoms with Gasteiger partial charge < -0.3 is 10.5 Å². The minimum atomic E-state index is -0.611. The van der Waals surface area contributed by atoms with Crippen LogP contribution in [0.25, 0.3) is 0 Å². The standard InChI is InChI=1S/C7H11NO2/c1-2-5-10-6-3-4-7(8)9/h2,5-6H2,1H3,(H2,8,9). The maximum Gasteiger partial charge on any atom is 0.293 e. The van der Waals surface area contributed by atoms with Gasteiger partial charge in [0.25, 0.3) is 5.91 Å². The van der Waals surface area contributed by atoms with E-state index >= 15 is 0 Å². The first kappa shape index (κ1) is 8.99. The molecule has 0 atom stereocenters. The van der Waals surface area contributed by atoms with Gasteiger partial charge in [0.05, 0.1) is 0 Å². The molecule has 0 heterocycles. The van der Waals surface area contributed by atoms with Crippen LogP contribution in [0.2, 0.25) is 0 Å². The first-order valence-electron chi connectivity index (χ1n) is 3.13. The number of hydrogen-bond acceptors (Lipinski definition) is 2. The summed E-state index contributed by atoms with van der Waals surface area (Å²) in [5.74, 6) is 4.03. The summed E-state index contributed by atoms with van der Waals surface area (Å²) < 4.78 is 4.95. The van der Waals surface area contributed by atoms with Gasteiger partial charge in [-0.2, -0.15) is 0 Å². The Labute approximate surface area is 60.5 Å². The molecule has 10 heavy (non-hydrogen) atoms. The number of amides is 1. The van der Waals surface area contributed by atoms with Crippen LogP contribution in [0.4, 0.5) is 0 Å². The van der Waals surface area contributed by atoms with Crippen LogP contribution in [0.1, 0.15) is 13.3 Å². The fourth-order valence-corrected chi connectivity index (χ4v) is 0.391. The average molecular weight is 141 g/mol. The minimum absolute atomic E-state index is 0.288. The summed E-state index contributed by atoms with van der Waals surface area (Å²) >= 11 is 0. The van der Waals surface area contributed by atoms with E-state index < -0.39 is 5.91 Å². The van der Waals surface area contributed by atoms with E-state index in [4.69, 9.17) is 10.5 Å². The molecular formula is C7H11NO2. The lowest BCUT2D eigenvalue weighted by Crippen LogP contribution is -2.06. The lowest BCUT2D eigenvalue weighted by molar-refractivity contribution is -0.112. The van der Waals surface area contributed by atoms with E-state index in [0.717, 1.165) is 6.42 Å². The maximum absolute atomic E-state index is 10.0. The molecule has 0 saturated carbocycles. The fraction of sp³-hybridized carbons (Fsp3) is 0.571. The molecule has 0 unspecified atom stereocenters. The molecule has 0 aromatic rings. The van der Waals surface area contributed by atoms with Crippen LogP contribution in [0.3, 0.4) is 0 Å². The highest BCUT2D eigenvalue weighted by molar-refractivity contribution is 5.91. The molecule has 0 bridgehead atoms. The van der Waals surface area contributed by atoms with E-state index in [1.165, 1.54) is 0 Å². The Morgan fingerprint density at radius 2 is 2.40 bits per heavy atom. The largest absolute Gasteiger partial charge is 0.369 e. The lowest BCUT2D eigenvalue weighted by atomic mass is 10.5. The van der Waals surface area contributed by atoms with Gasteiger partial charge in [-0.3, -0.25) is 4.79 Å². The Balaban J connectivity index is 3.20. The van der Waals surface area contributed by atoms with Crippen molar-refractivity contribution < 1.29 is 9.53 Å². The second kappa shape index (κ2) is 6.12. The summed E-state index contributed by atoms with van der Waals surface area (Å²) in [6.45, 7) is 2.96. The average Bonchev–Trinajstić information content (AvgIpc) is 1.87. The lowest BCUT2D eigenvalue weighted by Gasteiger charge is -1.91. The third-order valence-electron chi connectivity index (χ3n) is 0.734. The molecule has 0 aliphatic carbocycles. The van der Waals surface area contributed by atoms with Crippen LogP contribution in [0.15, 0.2) is 0 Å². The van der Waals surface area contributed by atoms with Gasteiger partial charge in [0, 0.05) is 6.61 Å². The van der Waals surface area contributed by atoms with Crippen LogP contribution in [0.5, 0.6) is 0 Å². The zero-order valence-corrected chi connectivity index (χ0v) is 6.02. The van der Waals surface area contributed by atoms with Crippen molar-refractivity contribution in [1.82, 2.24) is 0 Å². The monoisotopic (exact) mass is 141 g/mol. The summed E-state index contributed by atoms with van der Waals surface area (Å²) in [5, 5.41) is 0. The predicted octanol–water partition coefficient (Wildman–Crippen LogP) is -0.0983. The van der Waals surface area contributed by atoms with E-state index in [9.17, 15) is 4.79 Å². The molecular weight excluding hydrogens is 130 g/mol. The first-order valence-corrected chi connectivity index (χ1v) is 3.13. The van der Waals surface area contributed by atoms with Crippen molar-refractivity contribution in [3.8, 4) is 11.8 Å². The van der Waals surface area contributed by atoms with Crippen LogP contribution >= 0.6 is 0 Å². The molecule has 0 saturated heterocycles. The van der Waals surface area contributed by atoms with Crippen LogP contribution in [-0.4, -0.2) is 19.1 Å². The molecule has 56 valence electrons. The quantitative estimate of drug-likeness (QED) is 0.441. The zero-order valence-electron chi connectivity index (χ0n) is 6.02. The summed E-state index contributed by atoms with van der Waals surface area (Å²) in [6, 6.07) is 0. The van der Waals surface area contributed by atoms with Crippen molar-refractivity contribution in [2.75, 3.05) is 13.2 Å². The van der Waals surface area contributed by atoms with Crippen LogP contribution in [0, 0.1) is 11.8 Å². The fourth-order valence-electron chi connectivity index (χ4n) is 0.391. The second-order valence-corrected chi connectivity index (χ2v) is 1.72. The van der Waals surface area contributed by atoms with Crippen LogP contribution in [-0.2, 0) is 9.53 Å². The number of ether oxygens (including phenoxy) is 1. The highest BCUT2D eigenvalue weighted by atomic mass is 16.5. The normalized spacial score (nSPS) is 8.10. The number of carbonyl (C=O) groups is 1. The summed E-state index contributed by atoms with van der Waals surface area (Å²) in [4.78, 5) is 10.0. The Kier molecular flexibility index (Phi) is 5.50. The van der Waals surface area contributed by atoms with E-state index in [1.807, 2.05) is 6.92 Å². The number of rotatable bonds is 3. The molecule has 0 aliphatic heterocycles. The van der Waals surface area contributed by atoms with E-state index in [0.29, 0.717) is 6.61 Å². The Morgan fingerprint density at radius 3 is 2.90 bits per heavy atom. The summed E-state index contributed by atoms with van der Waals surface area (Å²) in [7, 11) is 0. The topological polar surface area (TPSA) is 52.3 Å². The molecule has 0 rings (SSSR count). The van der Waals surface area contributed by atoms with Gasteiger partial charge in [0.15, 0.2) is 0 Å². The molecule has 0 fully saturated rings. The van der Waals surface area contributed by atoms with E-state index in [-0.39, 0.29) is 6.61 Å². The Morgan fingerprint density at radius 1 is 1.70 bits per heavy atom. The zero-order chi connectivity index (χ0) is 7.82. The van der Waals surface area contributed by atoms with Crippen molar-refractivity contribution >= 4 is 5.91 Å². The van der Waals surface area contributed by atoms with Crippen molar-refractivity contribution in [2.24, 2.45) is 5.73 Å². The number of hydrogen-bond donors (Lipinski definition) is 1. The first-order chi connectivity index (χ1) is 4.77. The van der Waals surface area contributed by atoms with Gasteiger partial charge in [0.2, 0.25) is 0 Å². The van der Waals surface area contributed by atoms with Crippen molar-refractivity contribution in [3.63, 3.8) is 0 Å². The number of nitrogens with two attached hydrogens (primary N) is 1.